The van der Waals surface area contributed by atoms with E-state index >= 15 is 0 Å². The maximum absolute atomic E-state index is 5.81. The van der Waals surface area contributed by atoms with Crippen LogP contribution in [0.4, 0.5) is 0 Å². The number of rotatable bonds is 2. The molecule has 4 fully saturated rings. The summed E-state index contributed by atoms with van der Waals surface area (Å²) in [5.74, 6) is -0.201. The quantitative estimate of drug-likeness (QED) is 0.821. The number of nitrogens with one attached hydrogen (secondary N) is 1. The minimum absolute atomic E-state index is 0.201. The van der Waals surface area contributed by atoms with E-state index < -0.39 is 0 Å². The summed E-state index contributed by atoms with van der Waals surface area (Å²) in [4.78, 5) is 2.69. The predicted octanol–water partition coefficient (Wildman–Crippen LogP) is 1.50. The van der Waals surface area contributed by atoms with Crippen molar-refractivity contribution in [2.75, 3.05) is 26.3 Å². The molecule has 2 atom stereocenters. The van der Waals surface area contributed by atoms with Crippen LogP contribution in [0.3, 0.4) is 0 Å². The Labute approximate surface area is 115 Å². The van der Waals surface area contributed by atoms with Crippen LogP contribution in [0, 0.1) is 0 Å². The molecule has 108 valence electrons. The number of ether oxygens (including phenoxy) is 2. The molecule has 3 aliphatic heterocycles. The van der Waals surface area contributed by atoms with Gasteiger partial charge in [-0.1, -0.05) is 0 Å². The first-order valence-corrected chi connectivity index (χ1v) is 8.13. The molecule has 1 spiro atoms. The van der Waals surface area contributed by atoms with Crippen LogP contribution in [-0.4, -0.2) is 55.1 Å². The number of hydrogen-bond acceptors (Lipinski definition) is 4. The van der Waals surface area contributed by atoms with Crippen LogP contribution in [0.1, 0.15) is 44.9 Å². The van der Waals surface area contributed by atoms with Crippen LogP contribution in [0.15, 0.2) is 0 Å². The highest BCUT2D eigenvalue weighted by molar-refractivity contribution is 4.98. The maximum atomic E-state index is 5.81. The first kappa shape index (κ1) is 12.6. The van der Waals surface area contributed by atoms with Gasteiger partial charge in [0.2, 0.25) is 0 Å². The normalized spacial score (nSPS) is 39.2. The molecule has 4 aliphatic rings. The Kier molecular flexibility index (Phi) is 3.30. The van der Waals surface area contributed by atoms with E-state index in [2.05, 4.69) is 10.2 Å². The van der Waals surface area contributed by atoms with E-state index in [0.29, 0.717) is 6.04 Å². The van der Waals surface area contributed by atoms with Crippen molar-refractivity contribution < 1.29 is 9.47 Å². The topological polar surface area (TPSA) is 33.7 Å². The molecule has 3 saturated heterocycles. The minimum atomic E-state index is -0.201. The zero-order valence-corrected chi connectivity index (χ0v) is 11.8. The molecular formula is C15H26N2O2. The van der Waals surface area contributed by atoms with Crippen LogP contribution >= 0.6 is 0 Å². The molecule has 0 aromatic rings. The summed E-state index contributed by atoms with van der Waals surface area (Å²) in [6, 6.07) is 2.26. The van der Waals surface area contributed by atoms with Gasteiger partial charge in [-0.05, 0) is 38.6 Å². The molecule has 1 aliphatic carbocycles. The summed E-state index contributed by atoms with van der Waals surface area (Å²) < 4.78 is 11.6. The maximum Gasteiger partial charge on any atom is 0.168 e. The molecule has 0 aromatic heterocycles. The third-order valence-corrected chi connectivity index (χ3v) is 5.62. The van der Waals surface area contributed by atoms with Gasteiger partial charge in [0.15, 0.2) is 5.79 Å². The first-order valence-electron chi connectivity index (χ1n) is 8.13. The van der Waals surface area contributed by atoms with Crippen molar-refractivity contribution in [3.8, 4) is 0 Å². The lowest BCUT2D eigenvalue weighted by molar-refractivity contribution is -0.179. The van der Waals surface area contributed by atoms with Crippen LogP contribution in [0.5, 0.6) is 0 Å². The highest BCUT2D eigenvalue weighted by Gasteiger charge is 2.42. The molecule has 0 radical (unpaired) electrons. The zero-order valence-electron chi connectivity index (χ0n) is 11.8. The van der Waals surface area contributed by atoms with Crippen LogP contribution in [0.25, 0.3) is 0 Å². The van der Waals surface area contributed by atoms with Gasteiger partial charge in [-0.15, -0.1) is 0 Å². The Bertz CT molecular complexity index is 320. The SMILES string of the molecule is C1CC2C(NC3CCC4(CC3)OCCO4)CCN2C1. The fourth-order valence-electron chi connectivity index (χ4n) is 4.59. The third-order valence-electron chi connectivity index (χ3n) is 5.62. The average molecular weight is 266 g/mol. The van der Waals surface area contributed by atoms with Gasteiger partial charge in [0.25, 0.3) is 0 Å². The average Bonchev–Trinajstić information content (AvgIpc) is 3.11. The molecule has 0 amide bonds. The van der Waals surface area contributed by atoms with Gasteiger partial charge in [0, 0.05) is 37.5 Å². The van der Waals surface area contributed by atoms with Crippen molar-refractivity contribution in [3.63, 3.8) is 0 Å². The molecule has 1 N–H and O–H groups in total. The first-order chi connectivity index (χ1) is 9.35. The number of fused-ring (bicyclic) bond motifs is 1. The fraction of sp³-hybridized carbons (Fsp3) is 1.00. The van der Waals surface area contributed by atoms with E-state index in [-0.39, 0.29) is 5.79 Å². The van der Waals surface area contributed by atoms with Gasteiger partial charge in [-0.2, -0.15) is 0 Å². The fourth-order valence-corrected chi connectivity index (χ4v) is 4.59. The molecule has 2 unspecified atom stereocenters. The van der Waals surface area contributed by atoms with Crippen LogP contribution < -0.4 is 5.32 Å². The highest BCUT2D eigenvalue weighted by Crippen LogP contribution is 2.36. The van der Waals surface area contributed by atoms with Crippen molar-refractivity contribution >= 4 is 0 Å². The predicted molar refractivity (Wildman–Crippen MR) is 73.0 cm³/mol. The van der Waals surface area contributed by atoms with E-state index in [1.807, 2.05) is 0 Å². The monoisotopic (exact) mass is 266 g/mol. The molecule has 0 aromatic carbocycles. The third kappa shape index (κ3) is 2.33. The van der Waals surface area contributed by atoms with Gasteiger partial charge in [0.05, 0.1) is 13.2 Å². The molecular weight excluding hydrogens is 240 g/mol. The Balaban J connectivity index is 1.30. The Morgan fingerprint density at radius 3 is 2.53 bits per heavy atom. The van der Waals surface area contributed by atoms with E-state index in [9.17, 15) is 0 Å². The van der Waals surface area contributed by atoms with Gasteiger partial charge >= 0.3 is 0 Å². The molecule has 4 nitrogen and oxygen atoms in total. The lowest BCUT2D eigenvalue weighted by atomic mass is 9.89. The Morgan fingerprint density at radius 2 is 1.74 bits per heavy atom. The molecule has 3 heterocycles. The van der Waals surface area contributed by atoms with E-state index in [4.69, 9.17) is 9.47 Å². The second-order valence-corrected chi connectivity index (χ2v) is 6.69. The van der Waals surface area contributed by atoms with Gasteiger partial charge in [-0.25, -0.2) is 0 Å². The molecule has 0 bridgehead atoms. The van der Waals surface area contributed by atoms with Crippen molar-refractivity contribution in [2.24, 2.45) is 0 Å². The van der Waals surface area contributed by atoms with Gasteiger partial charge < -0.3 is 14.8 Å². The van der Waals surface area contributed by atoms with Crippen molar-refractivity contribution in [2.45, 2.75) is 68.9 Å². The zero-order chi connectivity index (χ0) is 12.7. The Hall–Kier alpha value is -0.160. The standard InChI is InChI=1S/C15H26N2O2/c1-2-14-13(5-9-17(14)8-1)16-12-3-6-15(7-4-12)18-10-11-19-15/h12-14,16H,1-11H2. The van der Waals surface area contributed by atoms with Crippen LogP contribution in [0.2, 0.25) is 0 Å². The van der Waals surface area contributed by atoms with E-state index in [0.717, 1.165) is 38.1 Å². The lowest BCUT2D eigenvalue weighted by Crippen LogP contribution is -2.48. The second-order valence-electron chi connectivity index (χ2n) is 6.69. The largest absolute Gasteiger partial charge is 0.348 e. The summed E-state index contributed by atoms with van der Waals surface area (Å²) in [5.41, 5.74) is 0. The molecule has 4 heteroatoms. The summed E-state index contributed by atoms with van der Waals surface area (Å²) in [6.45, 7) is 4.22. The summed E-state index contributed by atoms with van der Waals surface area (Å²) in [5, 5.41) is 3.94. The number of hydrogen-bond donors (Lipinski definition) is 1. The Morgan fingerprint density at radius 1 is 0.947 bits per heavy atom. The van der Waals surface area contributed by atoms with Gasteiger partial charge in [0.1, 0.15) is 0 Å². The summed E-state index contributed by atoms with van der Waals surface area (Å²) in [7, 11) is 0. The highest BCUT2D eigenvalue weighted by atomic mass is 16.7. The summed E-state index contributed by atoms with van der Waals surface area (Å²) >= 11 is 0. The molecule has 19 heavy (non-hydrogen) atoms. The van der Waals surface area contributed by atoms with Crippen molar-refractivity contribution in [1.82, 2.24) is 10.2 Å². The smallest absolute Gasteiger partial charge is 0.168 e. The molecule has 1 saturated carbocycles. The van der Waals surface area contributed by atoms with Crippen molar-refractivity contribution in [1.29, 1.82) is 0 Å². The molecule has 4 rings (SSSR count). The van der Waals surface area contributed by atoms with Gasteiger partial charge in [-0.3, -0.25) is 4.90 Å². The van der Waals surface area contributed by atoms with E-state index in [1.54, 1.807) is 0 Å². The second kappa shape index (κ2) is 4.99. The lowest BCUT2D eigenvalue weighted by Gasteiger charge is -2.37. The summed E-state index contributed by atoms with van der Waals surface area (Å²) in [6.07, 6.45) is 8.72. The van der Waals surface area contributed by atoms with Crippen molar-refractivity contribution in [3.05, 3.63) is 0 Å². The minimum Gasteiger partial charge on any atom is -0.348 e. The van der Waals surface area contributed by atoms with E-state index in [1.165, 1.54) is 45.2 Å². The number of nitrogens with zero attached hydrogens (tertiary/aromatic N) is 1. The van der Waals surface area contributed by atoms with Crippen LogP contribution in [-0.2, 0) is 9.47 Å².